The summed E-state index contributed by atoms with van der Waals surface area (Å²) >= 11 is 1.54. The molecule has 0 spiro atoms. The first kappa shape index (κ1) is 21.0. The van der Waals surface area contributed by atoms with Gasteiger partial charge in [0.25, 0.3) is 11.5 Å². The van der Waals surface area contributed by atoms with E-state index < -0.39 is 11.2 Å². The molecule has 0 aliphatic heterocycles. The van der Waals surface area contributed by atoms with E-state index in [-0.39, 0.29) is 17.4 Å². The van der Waals surface area contributed by atoms with Crippen LogP contribution < -0.4 is 21.9 Å². The minimum absolute atomic E-state index is 0.0475. The van der Waals surface area contributed by atoms with Crippen LogP contribution in [0.25, 0.3) is 0 Å². The van der Waals surface area contributed by atoms with Gasteiger partial charge in [-0.1, -0.05) is 26.7 Å². The Labute approximate surface area is 162 Å². The Morgan fingerprint density at radius 2 is 1.89 bits per heavy atom. The highest BCUT2D eigenvalue weighted by atomic mass is 32.1. The topological polar surface area (TPSA) is 101 Å². The molecule has 0 aliphatic rings. The number of nitrogens with one attached hydrogen (secondary N) is 1. The summed E-state index contributed by atoms with van der Waals surface area (Å²) in [6, 6.07) is 1.83. The Morgan fingerprint density at radius 1 is 1.22 bits per heavy atom. The Kier molecular flexibility index (Phi) is 7.01. The van der Waals surface area contributed by atoms with Crippen molar-refractivity contribution < 1.29 is 4.79 Å². The molecule has 2 rings (SSSR count). The van der Waals surface area contributed by atoms with Gasteiger partial charge in [-0.05, 0) is 32.8 Å². The minimum atomic E-state index is -0.626. The maximum atomic E-state index is 13.2. The lowest BCUT2D eigenvalue weighted by molar-refractivity contribution is 0.0986. The third-order valence-electron chi connectivity index (χ3n) is 4.47. The SMILES string of the molecule is CCCCN(C(=O)c1cc(C)sc1C)c1c(N)n(CCCC)c(=O)[nH]c1=O. The average molecular weight is 393 g/mol. The van der Waals surface area contributed by atoms with Gasteiger partial charge in [0.15, 0.2) is 5.69 Å². The van der Waals surface area contributed by atoms with Gasteiger partial charge in [-0.15, -0.1) is 11.3 Å². The first-order valence-electron chi connectivity index (χ1n) is 9.33. The van der Waals surface area contributed by atoms with Gasteiger partial charge in [-0.2, -0.15) is 0 Å². The van der Waals surface area contributed by atoms with Crippen LogP contribution in [0, 0.1) is 13.8 Å². The van der Waals surface area contributed by atoms with Crippen molar-refractivity contribution in [3.63, 3.8) is 0 Å². The Hall–Kier alpha value is -2.35. The van der Waals surface area contributed by atoms with Gasteiger partial charge in [-0.3, -0.25) is 19.1 Å². The van der Waals surface area contributed by atoms with Crippen LogP contribution in [-0.4, -0.2) is 22.0 Å². The number of nitrogen functional groups attached to an aromatic ring is 1. The summed E-state index contributed by atoms with van der Waals surface area (Å²) < 4.78 is 1.35. The van der Waals surface area contributed by atoms with Crippen LogP contribution in [0.2, 0.25) is 0 Å². The molecule has 3 N–H and O–H groups in total. The first-order chi connectivity index (χ1) is 12.8. The number of rotatable bonds is 8. The van der Waals surface area contributed by atoms with E-state index in [2.05, 4.69) is 4.98 Å². The normalized spacial score (nSPS) is 11.0. The molecule has 0 unspecified atom stereocenters. The van der Waals surface area contributed by atoms with E-state index in [1.165, 1.54) is 20.8 Å². The molecule has 1 amide bonds. The van der Waals surface area contributed by atoms with E-state index in [0.29, 0.717) is 18.7 Å². The van der Waals surface area contributed by atoms with Crippen LogP contribution in [0.15, 0.2) is 15.7 Å². The average Bonchev–Trinajstić information content (AvgIpc) is 2.95. The standard InChI is InChI=1S/C19H28N4O3S/c1-5-7-9-22(18(25)14-11-12(3)27-13(14)4)15-16(20)23(10-8-6-2)19(26)21-17(15)24/h11H,5-10,20H2,1-4H3,(H,21,24,26). The summed E-state index contributed by atoms with van der Waals surface area (Å²) in [7, 11) is 0. The summed E-state index contributed by atoms with van der Waals surface area (Å²) in [5, 5.41) is 0. The second kappa shape index (κ2) is 9.03. The quantitative estimate of drug-likeness (QED) is 0.721. The summed E-state index contributed by atoms with van der Waals surface area (Å²) in [6.45, 7) is 8.61. The monoisotopic (exact) mass is 392 g/mol. The lowest BCUT2D eigenvalue weighted by Gasteiger charge is -2.24. The number of unbranched alkanes of at least 4 members (excludes halogenated alkanes) is 2. The molecule has 0 radical (unpaired) electrons. The number of amides is 1. The summed E-state index contributed by atoms with van der Waals surface area (Å²) in [4.78, 5) is 43.7. The van der Waals surface area contributed by atoms with Gasteiger partial charge >= 0.3 is 5.69 Å². The number of hydrogen-bond donors (Lipinski definition) is 2. The fraction of sp³-hybridized carbons (Fsp3) is 0.526. The van der Waals surface area contributed by atoms with Crippen molar-refractivity contribution in [2.75, 3.05) is 17.2 Å². The molecular weight excluding hydrogens is 364 g/mol. The fourth-order valence-corrected chi connectivity index (χ4v) is 3.91. The van der Waals surface area contributed by atoms with Crippen LogP contribution in [-0.2, 0) is 6.54 Å². The molecule has 0 bridgehead atoms. The van der Waals surface area contributed by atoms with Crippen LogP contribution >= 0.6 is 11.3 Å². The van der Waals surface area contributed by atoms with Gasteiger partial charge in [0.2, 0.25) is 0 Å². The number of thiophene rings is 1. The van der Waals surface area contributed by atoms with E-state index in [1.807, 2.05) is 33.8 Å². The highest BCUT2D eigenvalue weighted by Gasteiger charge is 2.26. The van der Waals surface area contributed by atoms with Gasteiger partial charge < -0.3 is 10.6 Å². The van der Waals surface area contributed by atoms with Crippen LogP contribution in [0.4, 0.5) is 11.5 Å². The number of aryl methyl sites for hydroxylation is 2. The van der Waals surface area contributed by atoms with E-state index >= 15 is 0 Å². The Balaban J connectivity index is 2.59. The van der Waals surface area contributed by atoms with Crippen molar-refractivity contribution in [3.8, 4) is 0 Å². The summed E-state index contributed by atoms with van der Waals surface area (Å²) in [5.74, 6) is -0.213. The summed E-state index contributed by atoms with van der Waals surface area (Å²) in [5.41, 5.74) is 5.67. The molecule has 8 heteroatoms. The molecule has 0 saturated heterocycles. The van der Waals surface area contributed by atoms with E-state index in [0.717, 1.165) is 35.4 Å². The Morgan fingerprint density at radius 3 is 2.44 bits per heavy atom. The lowest BCUT2D eigenvalue weighted by atomic mass is 10.2. The maximum Gasteiger partial charge on any atom is 0.330 e. The number of carbonyl (C=O) groups is 1. The zero-order valence-electron chi connectivity index (χ0n) is 16.4. The number of nitrogens with zero attached hydrogens (tertiary/aromatic N) is 2. The number of anilines is 2. The molecule has 7 nitrogen and oxygen atoms in total. The number of aromatic nitrogens is 2. The number of H-pyrrole nitrogens is 1. The van der Waals surface area contributed by atoms with Crippen molar-refractivity contribution in [1.29, 1.82) is 0 Å². The van der Waals surface area contributed by atoms with Gasteiger partial charge in [0.1, 0.15) is 5.82 Å². The predicted molar refractivity (Wildman–Crippen MR) is 111 cm³/mol. The predicted octanol–water partition coefficient (Wildman–Crippen LogP) is 3.04. The van der Waals surface area contributed by atoms with Gasteiger partial charge in [0, 0.05) is 22.8 Å². The number of carbonyl (C=O) groups excluding carboxylic acids is 1. The Bertz CT molecular complexity index is 926. The van der Waals surface area contributed by atoms with E-state index in [9.17, 15) is 14.4 Å². The van der Waals surface area contributed by atoms with Gasteiger partial charge in [-0.25, -0.2) is 4.79 Å². The second-order valence-electron chi connectivity index (χ2n) is 6.64. The third-order valence-corrected chi connectivity index (χ3v) is 5.44. The zero-order chi connectivity index (χ0) is 20.1. The first-order valence-corrected chi connectivity index (χ1v) is 10.1. The van der Waals surface area contributed by atoms with Crippen LogP contribution in [0.5, 0.6) is 0 Å². The van der Waals surface area contributed by atoms with Crippen molar-refractivity contribution in [2.24, 2.45) is 0 Å². The highest BCUT2D eigenvalue weighted by molar-refractivity contribution is 7.12. The lowest BCUT2D eigenvalue weighted by Crippen LogP contribution is -2.41. The van der Waals surface area contributed by atoms with Crippen molar-refractivity contribution in [1.82, 2.24) is 9.55 Å². The van der Waals surface area contributed by atoms with E-state index in [1.54, 1.807) is 0 Å². The molecule has 2 heterocycles. The largest absolute Gasteiger partial charge is 0.383 e. The maximum absolute atomic E-state index is 13.2. The molecule has 27 heavy (non-hydrogen) atoms. The fourth-order valence-electron chi connectivity index (χ4n) is 3.00. The molecule has 2 aromatic heterocycles. The molecule has 0 aromatic carbocycles. The van der Waals surface area contributed by atoms with Crippen LogP contribution in [0.3, 0.4) is 0 Å². The number of nitrogens with two attached hydrogens (primary N) is 1. The zero-order valence-corrected chi connectivity index (χ0v) is 17.2. The number of aromatic amines is 1. The molecule has 148 valence electrons. The summed E-state index contributed by atoms with van der Waals surface area (Å²) in [6.07, 6.45) is 3.22. The second-order valence-corrected chi connectivity index (χ2v) is 8.10. The molecule has 0 atom stereocenters. The highest BCUT2D eigenvalue weighted by Crippen LogP contribution is 2.26. The van der Waals surface area contributed by atoms with Crippen LogP contribution in [0.1, 0.15) is 59.6 Å². The molecule has 0 fully saturated rings. The smallest absolute Gasteiger partial charge is 0.330 e. The van der Waals surface area contributed by atoms with Crippen molar-refractivity contribution in [3.05, 3.63) is 42.2 Å². The molecular formula is C19H28N4O3S. The third kappa shape index (κ3) is 4.50. The minimum Gasteiger partial charge on any atom is -0.383 e. The van der Waals surface area contributed by atoms with Gasteiger partial charge in [0.05, 0.1) is 5.56 Å². The molecule has 0 saturated carbocycles. The molecule has 0 aliphatic carbocycles. The van der Waals surface area contributed by atoms with Crippen molar-refractivity contribution in [2.45, 2.75) is 59.9 Å². The molecule has 2 aromatic rings. The van der Waals surface area contributed by atoms with Crippen molar-refractivity contribution >= 4 is 28.7 Å². The number of hydrogen-bond acceptors (Lipinski definition) is 5. The van der Waals surface area contributed by atoms with E-state index in [4.69, 9.17) is 5.73 Å².